The van der Waals surface area contributed by atoms with E-state index in [0.29, 0.717) is 11.6 Å². The first-order valence-corrected chi connectivity index (χ1v) is 5.38. The quantitative estimate of drug-likeness (QED) is 0.747. The first-order chi connectivity index (χ1) is 9.33. The van der Waals surface area contributed by atoms with E-state index in [1.165, 1.54) is 12.3 Å². The third-order valence-electron chi connectivity index (χ3n) is 2.30. The summed E-state index contributed by atoms with van der Waals surface area (Å²) in [5, 5.41) is 17.9. The van der Waals surface area contributed by atoms with Crippen LogP contribution in [0.2, 0.25) is 0 Å². The molecule has 0 saturated carbocycles. The third-order valence-corrected chi connectivity index (χ3v) is 2.30. The molecule has 19 heavy (non-hydrogen) atoms. The molecule has 94 valence electrons. The molecule has 8 nitrogen and oxygen atoms in total. The largest absolute Gasteiger partial charge is 0.363 e. The Morgan fingerprint density at radius 1 is 1.26 bits per heavy atom. The normalized spacial score (nSPS) is 10.3. The lowest BCUT2D eigenvalue weighted by Gasteiger charge is -2.01. The van der Waals surface area contributed by atoms with Gasteiger partial charge in [0.2, 0.25) is 0 Å². The molecule has 1 amide bonds. The predicted octanol–water partition coefficient (Wildman–Crippen LogP) is 0.903. The van der Waals surface area contributed by atoms with Crippen LogP contribution < -0.4 is 5.32 Å². The number of carbonyl (C=O) groups is 1. The Hall–Kier alpha value is -3.03. The highest BCUT2D eigenvalue weighted by Gasteiger charge is 2.10. The molecular formula is C11H8N6O2. The van der Waals surface area contributed by atoms with E-state index < -0.39 is 5.91 Å². The molecule has 0 saturated heterocycles. The van der Waals surface area contributed by atoms with Crippen LogP contribution in [0.4, 0.5) is 5.82 Å². The minimum Gasteiger partial charge on any atom is -0.363 e. The molecule has 0 aliphatic carbocycles. The summed E-state index contributed by atoms with van der Waals surface area (Å²) in [5.41, 5.74) is 0.180. The summed E-state index contributed by atoms with van der Waals surface area (Å²) in [5.74, 6) is 0.444. The van der Waals surface area contributed by atoms with Crippen LogP contribution in [0.5, 0.6) is 0 Å². The van der Waals surface area contributed by atoms with Gasteiger partial charge >= 0.3 is 0 Å². The fraction of sp³-hybridized carbons (Fsp3) is 0. The van der Waals surface area contributed by atoms with Gasteiger partial charge in [0.15, 0.2) is 17.3 Å². The van der Waals surface area contributed by atoms with Gasteiger partial charge in [-0.3, -0.25) is 4.79 Å². The number of nitrogens with zero attached hydrogens (tertiary/aromatic N) is 5. The highest BCUT2D eigenvalue weighted by atomic mass is 16.5. The van der Waals surface area contributed by atoms with Gasteiger partial charge in [0.1, 0.15) is 6.26 Å². The zero-order valence-corrected chi connectivity index (χ0v) is 9.59. The van der Waals surface area contributed by atoms with Crippen molar-refractivity contribution in [1.29, 1.82) is 0 Å². The Bertz CT molecular complexity index is 660. The first kappa shape index (κ1) is 11.1. The molecule has 0 fully saturated rings. The lowest BCUT2D eigenvalue weighted by atomic mass is 10.3. The van der Waals surface area contributed by atoms with Gasteiger partial charge in [-0.15, -0.1) is 10.2 Å². The zero-order valence-electron chi connectivity index (χ0n) is 9.59. The molecular weight excluding hydrogens is 248 g/mol. The highest BCUT2D eigenvalue weighted by molar-refractivity contribution is 6.02. The maximum atomic E-state index is 11.8. The summed E-state index contributed by atoms with van der Waals surface area (Å²) in [4.78, 5) is 11.8. The number of amides is 1. The molecule has 1 N–H and O–H groups in total. The summed E-state index contributed by atoms with van der Waals surface area (Å²) in [6, 6.07) is 6.51. The molecule has 0 radical (unpaired) electrons. The van der Waals surface area contributed by atoms with E-state index in [4.69, 9.17) is 0 Å². The van der Waals surface area contributed by atoms with Crippen LogP contribution in [0.15, 0.2) is 47.4 Å². The Kier molecular flexibility index (Phi) is 2.73. The number of hydrogen-bond donors (Lipinski definition) is 1. The molecule has 8 heteroatoms. The van der Waals surface area contributed by atoms with Crippen LogP contribution in [0.1, 0.15) is 10.5 Å². The van der Waals surface area contributed by atoms with Gasteiger partial charge in [0, 0.05) is 18.5 Å². The smallest absolute Gasteiger partial charge is 0.277 e. The average molecular weight is 256 g/mol. The lowest BCUT2D eigenvalue weighted by Crippen LogP contribution is -2.15. The number of nitrogens with one attached hydrogen (secondary N) is 1. The van der Waals surface area contributed by atoms with Crippen LogP contribution in [0.3, 0.4) is 0 Å². The second-order valence-electron chi connectivity index (χ2n) is 3.57. The second-order valence-corrected chi connectivity index (χ2v) is 3.57. The fourth-order valence-electron chi connectivity index (χ4n) is 1.43. The predicted molar refractivity (Wildman–Crippen MR) is 63.6 cm³/mol. The number of carbonyl (C=O) groups excluding carboxylic acids is 1. The number of anilines is 1. The van der Waals surface area contributed by atoms with Crippen LogP contribution in [-0.2, 0) is 0 Å². The van der Waals surface area contributed by atoms with E-state index in [9.17, 15) is 4.79 Å². The summed E-state index contributed by atoms with van der Waals surface area (Å²) in [6.07, 6.45) is 4.73. The molecule has 3 rings (SSSR count). The number of aromatic nitrogens is 5. The third kappa shape index (κ3) is 2.32. The van der Waals surface area contributed by atoms with E-state index in [2.05, 4.69) is 30.3 Å². The molecule has 3 heterocycles. The summed E-state index contributed by atoms with van der Waals surface area (Å²) in [7, 11) is 0. The van der Waals surface area contributed by atoms with Gasteiger partial charge in [-0.05, 0) is 18.2 Å². The van der Waals surface area contributed by atoms with Crippen molar-refractivity contribution in [2.24, 2.45) is 0 Å². The molecule has 3 aromatic rings. The average Bonchev–Trinajstić information content (AvgIpc) is 3.12. The monoisotopic (exact) mass is 256 g/mol. The second kappa shape index (κ2) is 4.69. The van der Waals surface area contributed by atoms with Crippen molar-refractivity contribution in [3.8, 4) is 5.82 Å². The van der Waals surface area contributed by atoms with Crippen LogP contribution >= 0.6 is 0 Å². The van der Waals surface area contributed by atoms with Crippen molar-refractivity contribution in [2.45, 2.75) is 0 Å². The molecule has 0 aromatic carbocycles. The summed E-state index contributed by atoms with van der Waals surface area (Å²) < 4.78 is 6.15. The Labute approximate surface area is 107 Å². The maximum absolute atomic E-state index is 11.8. The minimum absolute atomic E-state index is 0.180. The highest BCUT2D eigenvalue weighted by Crippen LogP contribution is 2.06. The van der Waals surface area contributed by atoms with Gasteiger partial charge in [-0.1, -0.05) is 5.16 Å². The van der Waals surface area contributed by atoms with Gasteiger partial charge in [-0.25, -0.2) is 4.68 Å². The zero-order chi connectivity index (χ0) is 13.1. The maximum Gasteiger partial charge on any atom is 0.277 e. The van der Waals surface area contributed by atoms with Crippen molar-refractivity contribution in [3.05, 3.63) is 48.6 Å². The molecule has 0 atom stereocenters. The standard InChI is InChI=1S/C11H8N6O2/c18-11(13-9-4-7-19-16-9)8-2-3-10(15-14-8)17-6-1-5-12-17/h1-7H,(H,13,16,18). The molecule has 0 spiro atoms. The van der Waals surface area contributed by atoms with E-state index in [1.54, 1.807) is 35.3 Å². The van der Waals surface area contributed by atoms with Gasteiger partial charge in [-0.2, -0.15) is 5.10 Å². The summed E-state index contributed by atoms with van der Waals surface area (Å²) in [6.45, 7) is 0. The van der Waals surface area contributed by atoms with Gasteiger partial charge in [0.25, 0.3) is 5.91 Å². The molecule has 0 unspecified atom stereocenters. The fourth-order valence-corrected chi connectivity index (χ4v) is 1.43. The summed E-state index contributed by atoms with van der Waals surface area (Å²) >= 11 is 0. The van der Waals surface area contributed by atoms with Crippen LogP contribution in [0, 0.1) is 0 Å². The van der Waals surface area contributed by atoms with Crippen molar-refractivity contribution in [3.63, 3.8) is 0 Å². The van der Waals surface area contributed by atoms with E-state index >= 15 is 0 Å². The number of rotatable bonds is 3. The van der Waals surface area contributed by atoms with Crippen molar-refractivity contribution < 1.29 is 9.32 Å². The van der Waals surface area contributed by atoms with Gasteiger partial charge < -0.3 is 9.84 Å². The molecule has 3 aromatic heterocycles. The topological polar surface area (TPSA) is 98.7 Å². The molecule has 0 aliphatic rings. The van der Waals surface area contributed by atoms with Crippen LogP contribution in [-0.4, -0.2) is 31.0 Å². The van der Waals surface area contributed by atoms with E-state index in [-0.39, 0.29) is 5.69 Å². The molecule has 0 bridgehead atoms. The van der Waals surface area contributed by atoms with Crippen molar-refractivity contribution in [2.75, 3.05) is 5.32 Å². The number of hydrogen-bond acceptors (Lipinski definition) is 6. The minimum atomic E-state index is -0.409. The Balaban J connectivity index is 1.77. The Morgan fingerprint density at radius 2 is 2.21 bits per heavy atom. The van der Waals surface area contributed by atoms with E-state index in [1.807, 2.05) is 0 Å². The first-order valence-electron chi connectivity index (χ1n) is 5.38. The lowest BCUT2D eigenvalue weighted by molar-refractivity contribution is 0.102. The van der Waals surface area contributed by atoms with Crippen LogP contribution in [0.25, 0.3) is 5.82 Å². The van der Waals surface area contributed by atoms with Gasteiger partial charge in [0.05, 0.1) is 0 Å². The van der Waals surface area contributed by atoms with Crippen molar-refractivity contribution in [1.82, 2.24) is 25.1 Å². The van der Waals surface area contributed by atoms with Crippen molar-refractivity contribution >= 4 is 11.7 Å². The SMILES string of the molecule is O=C(Nc1ccon1)c1ccc(-n2cccn2)nn1. The Morgan fingerprint density at radius 3 is 2.84 bits per heavy atom. The molecule has 0 aliphatic heterocycles. The van der Waals surface area contributed by atoms with E-state index in [0.717, 1.165) is 0 Å².